The van der Waals surface area contributed by atoms with Crippen LogP contribution in [0.15, 0.2) is 61.1 Å². The number of hydrogen-bond donors (Lipinski definition) is 0. The van der Waals surface area contributed by atoms with Crippen molar-refractivity contribution in [2.24, 2.45) is 0 Å². The number of amides is 1. The molecule has 4 rings (SSSR count). The fourth-order valence-electron chi connectivity index (χ4n) is 3.12. The van der Waals surface area contributed by atoms with Crippen LogP contribution in [0, 0.1) is 11.3 Å². The topological polar surface area (TPSA) is 80.4 Å². The summed E-state index contributed by atoms with van der Waals surface area (Å²) >= 11 is 0. The summed E-state index contributed by atoms with van der Waals surface area (Å²) in [5.74, 6) is 1.28. The second kappa shape index (κ2) is 7.41. The van der Waals surface area contributed by atoms with E-state index in [4.69, 9.17) is 14.7 Å². The van der Waals surface area contributed by atoms with Crippen LogP contribution < -0.4 is 4.74 Å². The fraction of sp³-hybridized carbons (Fsp3) is 0.227. The molecule has 1 saturated heterocycles. The average Bonchev–Trinajstić information content (AvgIpc) is 3.35. The number of nitriles is 1. The molecule has 0 radical (unpaired) electrons. The zero-order valence-corrected chi connectivity index (χ0v) is 16.2. The molecule has 1 aliphatic rings. The third-order valence-electron chi connectivity index (χ3n) is 4.79. The maximum absolute atomic E-state index is 12.8. The minimum atomic E-state index is -0.351. The predicted molar refractivity (Wildman–Crippen MR) is 106 cm³/mol. The summed E-state index contributed by atoms with van der Waals surface area (Å²) in [5.41, 5.74) is 1.73. The molecule has 7 nitrogen and oxygen atoms in total. The number of carbonyl (C=O) groups excluding carboxylic acids is 1. The monoisotopic (exact) mass is 388 g/mol. The summed E-state index contributed by atoms with van der Waals surface area (Å²) in [6, 6.07) is 16.3. The van der Waals surface area contributed by atoms with Gasteiger partial charge in [-0.25, -0.2) is 9.78 Å². The summed E-state index contributed by atoms with van der Waals surface area (Å²) in [7, 11) is 0. The molecule has 2 heterocycles. The molecule has 1 aromatic heterocycles. The Morgan fingerprint density at radius 2 is 2.00 bits per heavy atom. The van der Waals surface area contributed by atoms with Gasteiger partial charge in [-0.15, -0.1) is 0 Å². The molecule has 0 atom stereocenters. The van der Waals surface area contributed by atoms with E-state index in [1.807, 2.05) is 38.1 Å². The molecule has 29 heavy (non-hydrogen) atoms. The molecular formula is C22H20N4O3. The van der Waals surface area contributed by atoms with Crippen LogP contribution in [0.5, 0.6) is 11.5 Å². The van der Waals surface area contributed by atoms with Crippen LogP contribution in [0.1, 0.15) is 19.4 Å². The van der Waals surface area contributed by atoms with Crippen molar-refractivity contribution in [1.29, 1.82) is 5.26 Å². The number of imidazole rings is 1. The number of aromatic nitrogens is 2. The van der Waals surface area contributed by atoms with Crippen molar-refractivity contribution in [1.82, 2.24) is 14.5 Å². The Bertz CT molecular complexity index is 1080. The molecule has 0 N–H and O–H groups in total. The van der Waals surface area contributed by atoms with Gasteiger partial charge in [-0.05, 0) is 50.2 Å². The van der Waals surface area contributed by atoms with Gasteiger partial charge in [-0.2, -0.15) is 5.26 Å². The van der Waals surface area contributed by atoms with Crippen LogP contribution in [0.4, 0.5) is 4.79 Å². The predicted octanol–water partition coefficient (Wildman–Crippen LogP) is 4.25. The smallest absolute Gasteiger partial charge is 0.331 e. The standard InChI is InChI=1S/C22H20N4O3/c1-22(2)13-28-15-26(22)21(27)25-12-20(24-14-25)17-4-3-5-19(10-17)29-18-8-6-16(11-23)7-9-18/h3-10,12,14H,13,15H2,1-2H3. The first kappa shape index (κ1) is 18.7. The van der Waals surface area contributed by atoms with Crippen molar-refractivity contribution >= 4 is 6.03 Å². The van der Waals surface area contributed by atoms with E-state index in [1.165, 1.54) is 10.9 Å². The first-order chi connectivity index (χ1) is 14.0. The summed E-state index contributed by atoms with van der Waals surface area (Å²) in [6.07, 6.45) is 3.22. The van der Waals surface area contributed by atoms with Gasteiger partial charge in [0.25, 0.3) is 0 Å². The number of benzene rings is 2. The van der Waals surface area contributed by atoms with E-state index in [-0.39, 0.29) is 18.3 Å². The number of hydrogen-bond acceptors (Lipinski definition) is 5. The molecule has 1 aliphatic heterocycles. The molecular weight excluding hydrogens is 368 g/mol. The Morgan fingerprint density at radius 3 is 2.69 bits per heavy atom. The van der Waals surface area contributed by atoms with Gasteiger partial charge < -0.3 is 9.47 Å². The quantitative estimate of drug-likeness (QED) is 0.670. The third-order valence-corrected chi connectivity index (χ3v) is 4.79. The zero-order chi connectivity index (χ0) is 20.4. The largest absolute Gasteiger partial charge is 0.457 e. The highest BCUT2D eigenvalue weighted by molar-refractivity contribution is 5.79. The first-order valence-electron chi connectivity index (χ1n) is 9.18. The summed E-state index contributed by atoms with van der Waals surface area (Å²) in [5, 5.41) is 8.89. The van der Waals surface area contributed by atoms with Crippen LogP contribution in [-0.4, -0.2) is 39.4 Å². The average molecular weight is 388 g/mol. The second-order valence-electron chi connectivity index (χ2n) is 7.43. The molecule has 146 valence electrons. The lowest BCUT2D eigenvalue weighted by molar-refractivity contribution is 0.140. The van der Waals surface area contributed by atoms with Gasteiger partial charge in [-0.3, -0.25) is 9.47 Å². The molecule has 7 heteroatoms. The van der Waals surface area contributed by atoms with Crippen molar-refractivity contribution in [3.63, 3.8) is 0 Å². The number of nitrogens with zero attached hydrogens (tertiary/aromatic N) is 4. The Kier molecular flexibility index (Phi) is 4.79. The van der Waals surface area contributed by atoms with Gasteiger partial charge in [-0.1, -0.05) is 12.1 Å². The lowest BCUT2D eigenvalue weighted by Gasteiger charge is -2.28. The molecule has 1 fully saturated rings. The molecule has 0 bridgehead atoms. The normalized spacial score (nSPS) is 15.1. The molecule has 0 unspecified atom stereocenters. The Balaban J connectivity index is 1.53. The summed E-state index contributed by atoms with van der Waals surface area (Å²) in [6.45, 7) is 4.72. The Labute approximate surface area is 168 Å². The Morgan fingerprint density at radius 1 is 1.21 bits per heavy atom. The van der Waals surface area contributed by atoms with Crippen molar-refractivity contribution in [3.8, 4) is 28.8 Å². The van der Waals surface area contributed by atoms with Crippen molar-refractivity contribution < 1.29 is 14.3 Å². The zero-order valence-electron chi connectivity index (χ0n) is 16.2. The fourth-order valence-corrected chi connectivity index (χ4v) is 3.12. The van der Waals surface area contributed by atoms with Crippen molar-refractivity contribution in [2.75, 3.05) is 13.3 Å². The van der Waals surface area contributed by atoms with Crippen LogP contribution in [0.3, 0.4) is 0 Å². The molecule has 0 aliphatic carbocycles. The molecule has 3 aromatic rings. The SMILES string of the molecule is CC1(C)COCN1C(=O)n1cnc(-c2cccc(Oc3ccc(C#N)cc3)c2)c1. The number of rotatable bonds is 3. The summed E-state index contributed by atoms with van der Waals surface area (Å²) in [4.78, 5) is 18.9. The van der Waals surface area contributed by atoms with E-state index >= 15 is 0 Å². The van der Waals surface area contributed by atoms with Crippen LogP contribution >= 0.6 is 0 Å². The highest BCUT2D eigenvalue weighted by atomic mass is 16.5. The third kappa shape index (κ3) is 3.84. The van der Waals surface area contributed by atoms with E-state index in [0.717, 1.165) is 5.56 Å². The number of carbonyl (C=O) groups is 1. The highest BCUT2D eigenvalue weighted by Crippen LogP contribution is 2.27. The lowest BCUT2D eigenvalue weighted by Crippen LogP contribution is -2.45. The summed E-state index contributed by atoms with van der Waals surface area (Å²) < 4.78 is 12.8. The van der Waals surface area contributed by atoms with Gasteiger partial charge >= 0.3 is 6.03 Å². The van der Waals surface area contributed by atoms with E-state index in [1.54, 1.807) is 35.4 Å². The van der Waals surface area contributed by atoms with E-state index < -0.39 is 0 Å². The molecule has 1 amide bonds. The van der Waals surface area contributed by atoms with Gasteiger partial charge in [0, 0.05) is 11.8 Å². The number of ether oxygens (including phenoxy) is 2. The van der Waals surface area contributed by atoms with Gasteiger partial charge in [0.1, 0.15) is 24.6 Å². The molecule has 2 aromatic carbocycles. The van der Waals surface area contributed by atoms with E-state index in [0.29, 0.717) is 29.4 Å². The second-order valence-corrected chi connectivity index (χ2v) is 7.43. The van der Waals surface area contributed by atoms with E-state index in [9.17, 15) is 4.79 Å². The van der Waals surface area contributed by atoms with Crippen LogP contribution in [0.25, 0.3) is 11.3 Å². The highest BCUT2D eigenvalue weighted by Gasteiger charge is 2.37. The minimum Gasteiger partial charge on any atom is -0.457 e. The Hall–Kier alpha value is -3.63. The van der Waals surface area contributed by atoms with Crippen LogP contribution in [0.2, 0.25) is 0 Å². The minimum absolute atomic E-state index is 0.170. The van der Waals surface area contributed by atoms with Crippen LogP contribution in [-0.2, 0) is 4.74 Å². The van der Waals surface area contributed by atoms with Gasteiger partial charge in [0.05, 0.1) is 29.5 Å². The van der Waals surface area contributed by atoms with Gasteiger partial charge in [0.15, 0.2) is 0 Å². The van der Waals surface area contributed by atoms with Crippen molar-refractivity contribution in [3.05, 3.63) is 66.6 Å². The maximum atomic E-state index is 12.8. The molecule has 0 saturated carbocycles. The van der Waals surface area contributed by atoms with E-state index in [2.05, 4.69) is 11.1 Å². The lowest BCUT2D eigenvalue weighted by atomic mass is 10.1. The molecule has 0 spiro atoms. The maximum Gasteiger partial charge on any atom is 0.331 e. The first-order valence-corrected chi connectivity index (χ1v) is 9.18. The van der Waals surface area contributed by atoms with Gasteiger partial charge in [0.2, 0.25) is 0 Å². The van der Waals surface area contributed by atoms with Crippen molar-refractivity contribution in [2.45, 2.75) is 19.4 Å².